The summed E-state index contributed by atoms with van der Waals surface area (Å²) >= 11 is 0. The van der Waals surface area contributed by atoms with E-state index in [4.69, 9.17) is 9.47 Å². The predicted molar refractivity (Wildman–Crippen MR) is 72.3 cm³/mol. The van der Waals surface area contributed by atoms with Crippen LogP contribution in [0.15, 0.2) is 30.3 Å². The SMILES string of the molecule is COc1c(O)cc(C)cc1Oc1cc(C)cc(O)c1. The van der Waals surface area contributed by atoms with Crippen LogP contribution in [0.3, 0.4) is 0 Å². The van der Waals surface area contributed by atoms with Crippen LogP contribution in [-0.4, -0.2) is 17.3 Å². The number of benzene rings is 2. The fourth-order valence-corrected chi connectivity index (χ4v) is 1.92. The van der Waals surface area contributed by atoms with E-state index in [0.29, 0.717) is 11.5 Å². The number of aromatic hydroxyl groups is 2. The quantitative estimate of drug-likeness (QED) is 0.886. The molecular weight excluding hydrogens is 244 g/mol. The van der Waals surface area contributed by atoms with Gasteiger partial charge in [0, 0.05) is 6.07 Å². The number of aryl methyl sites for hydroxylation is 2. The lowest BCUT2D eigenvalue weighted by Crippen LogP contribution is -1.92. The molecule has 100 valence electrons. The Hall–Kier alpha value is -2.36. The van der Waals surface area contributed by atoms with Gasteiger partial charge in [-0.1, -0.05) is 0 Å². The van der Waals surface area contributed by atoms with Crippen molar-refractivity contribution in [2.24, 2.45) is 0 Å². The Bertz CT molecular complexity index is 585. The van der Waals surface area contributed by atoms with E-state index in [1.54, 1.807) is 24.3 Å². The van der Waals surface area contributed by atoms with Crippen molar-refractivity contribution in [3.63, 3.8) is 0 Å². The first kappa shape index (κ1) is 13.1. The average Bonchev–Trinajstić information content (AvgIpc) is 2.26. The molecule has 0 fully saturated rings. The number of hydrogen-bond acceptors (Lipinski definition) is 4. The Morgan fingerprint density at radius 2 is 1.58 bits per heavy atom. The van der Waals surface area contributed by atoms with Gasteiger partial charge in [0.2, 0.25) is 5.75 Å². The third kappa shape index (κ3) is 2.91. The highest BCUT2D eigenvalue weighted by Gasteiger charge is 2.12. The van der Waals surface area contributed by atoms with Gasteiger partial charge in [-0.3, -0.25) is 0 Å². The van der Waals surface area contributed by atoms with Gasteiger partial charge in [0.1, 0.15) is 11.5 Å². The first-order valence-corrected chi connectivity index (χ1v) is 5.85. The lowest BCUT2D eigenvalue weighted by atomic mass is 10.2. The van der Waals surface area contributed by atoms with E-state index in [1.807, 2.05) is 13.8 Å². The first-order valence-electron chi connectivity index (χ1n) is 5.85. The van der Waals surface area contributed by atoms with Gasteiger partial charge in [-0.15, -0.1) is 0 Å². The van der Waals surface area contributed by atoms with Crippen LogP contribution in [0.1, 0.15) is 11.1 Å². The maximum atomic E-state index is 9.80. The third-order valence-corrected chi connectivity index (χ3v) is 2.65. The first-order chi connectivity index (χ1) is 8.99. The second-order valence-electron chi connectivity index (χ2n) is 4.42. The number of phenols is 2. The highest BCUT2D eigenvalue weighted by Crippen LogP contribution is 2.40. The van der Waals surface area contributed by atoms with Crippen molar-refractivity contribution in [2.75, 3.05) is 7.11 Å². The zero-order valence-corrected chi connectivity index (χ0v) is 11.1. The highest BCUT2D eigenvalue weighted by molar-refractivity contribution is 5.54. The van der Waals surface area contributed by atoms with Crippen molar-refractivity contribution in [3.8, 4) is 28.7 Å². The highest BCUT2D eigenvalue weighted by atomic mass is 16.5. The van der Waals surface area contributed by atoms with Crippen LogP contribution in [0.4, 0.5) is 0 Å². The molecule has 0 aliphatic heterocycles. The van der Waals surface area contributed by atoms with Gasteiger partial charge in [-0.25, -0.2) is 0 Å². The van der Waals surface area contributed by atoms with E-state index in [1.165, 1.54) is 13.2 Å². The minimum atomic E-state index is 0.0226. The van der Waals surface area contributed by atoms with E-state index < -0.39 is 0 Å². The molecule has 0 atom stereocenters. The minimum absolute atomic E-state index is 0.0226. The molecule has 0 unspecified atom stereocenters. The van der Waals surface area contributed by atoms with Crippen LogP contribution in [-0.2, 0) is 0 Å². The van der Waals surface area contributed by atoms with Crippen molar-refractivity contribution >= 4 is 0 Å². The normalized spacial score (nSPS) is 10.3. The van der Waals surface area contributed by atoms with Crippen molar-refractivity contribution < 1.29 is 19.7 Å². The lowest BCUT2D eigenvalue weighted by molar-refractivity contribution is 0.347. The van der Waals surface area contributed by atoms with Gasteiger partial charge in [0.15, 0.2) is 11.5 Å². The van der Waals surface area contributed by atoms with E-state index >= 15 is 0 Å². The largest absolute Gasteiger partial charge is 0.508 e. The fraction of sp³-hybridized carbons (Fsp3) is 0.200. The second kappa shape index (κ2) is 5.10. The molecule has 0 bridgehead atoms. The zero-order chi connectivity index (χ0) is 14.0. The van der Waals surface area contributed by atoms with E-state index in [-0.39, 0.29) is 17.2 Å². The monoisotopic (exact) mass is 260 g/mol. The van der Waals surface area contributed by atoms with E-state index in [2.05, 4.69) is 0 Å². The van der Waals surface area contributed by atoms with Crippen LogP contribution in [0.25, 0.3) is 0 Å². The number of ether oxygens (including phenoxy) is 2. The topological polar surface area (TPSA) is 58.9 Å². The molecule has 4 nitrogen and oxygen atoms in total. The molecule has 0 aromatic heterocycles. The molecule has 0 saturated carbocycles. The Morgan fingerprint density at radius 1 is 0.895 bits per heavy atom. The molecule has 0 amide bonds. The van der Waals surface area contributed by atoms with Gasteiger partial charge < -0.3 is 19.7 Å². The van der Waals surface area contributed by atoms with Gasteiger partial charge in [0.05, 0.1) is 7.11 Å². The summed E-state index contributed by atoms with van der Waals surface area (Å²) in [6.07, 6.45) is 0. The molecule has 2 N–H and O–H groups in total. The Balaban J connectivity index is 2.42. The Labute approximate surface area is 111 Å². The summed E-state index contributed by atoms with van der Waals surface area (Å²) in [6.45, 7) is 3.71. The summed E-state index contributed by atoms with van der Waals surface area (Å²) in [4.78, 5) is 0. The van der Waals surface area contributed by atoms with Crippen molar-refractivity contribution in [1.82, 2.24) is 0 Å². The number of phenolic OH excluding ortho intramolecular Hbond substituents is 2. The molecule has 2 aromatic rings. The standard InChI is InChI=1S/C15H16O4/c1-9-4-11(16)8-12(5-9)19-14-7-10(2)6-13(17)15(14)18-3/h4-8,16-17H,1-3H3. The molecule has 0 heterocycles. The van der Waals surface area contributed by atoms with Crippen LogP contribution >= 0.6 is 0 Å². The van der Waals surface area contributed by atoms with Crippen LogP contribution in [0.5, 0.6) is 28.7 Å². The van der Waals surface area contributed by atoms with Crippen molar-refractivity contribution in [1.29, 1.82) is 0 Å². The fourth-order valence-electron chi connectivity index (χ4n) is 1.92. The minimum Gasteiger partial charge on any atom is -0.508 e. The molecule has 2 aromatic carbocycles. The van der Waals surface area contributed by atoms with Gasteiger partial charge in [0.25, 0.3) is 0 Å². The smallest absolute Gasteiger partial charge is 0.203 e. The summed E-state index contributed by atoms with van der Waals surface area (Å²) in [5, 5.41) is 19.4. The number of methoxy groups -OCH3 is 1. The van der Waals surface area contributed by atoms with Gasteiger partial charge in [-0.05, 0) is 49.2 Å². The van der Waals surface area contributed by atoms with Crippen molar-refractivity contribution in [2.45, 2.75) is 13.8 Å². The third-order valence-electron chi connectivity index (χ3n) is 2.65. The average molecular weight is 260 g/mol. The van der Waals surface area contributed by atoms with Crippen molar-refractivity contribution in [3.05, 3.63) is 41.5 Å². The molecule has 4 heteroatoms. The Morgan fingerprint density at radius 3 is 2.21 bits per heavy atom. The summed E-state index contributed by atoms with van der Waals surface area (Å²) in [5.74, 6) is 1.32. The molecule has 0 saturated heterocycles. The molecule has 0 aliphatic rings. The molecule has 19 heavy (non-hydrogen) atoms. The zero-order valence-electron chi connectivity index (χ0n) is 11.1. The summed E-state index contributed by atoms with van der Waals surface area (Å²) in [7, 11) is 1.46. The Kier molecular flexibility index (Phi) is 3.51. The maximum Gasteiger partial charge on any atom is 0.203 e. The maximum absolute atomic E-state index is 9.80. The molecule has 2 rings (SSSR count). The lowest BCUT2D eigenvalue weighted by Gasteiger charge is -2.13. The predicted octanol–water partition coefficient (Wildman–Crippen LogP) is 3.52. The van der Waals surface area contributed by atoms with Gasteiger partial charge >= 0.3 is 0 Å². The van der Waals surface area contributed by atoms with Crippen LogP contribution in [0, 0.1) is 13.8 Å². The van der Waals surface area contributed by atoms with Crippen LogP contribution < -0.4 is 9.47 Å². The summed E-state index contributed by atoms with van der Waals surface area (Å²) < 4.78 is 10.8. The van der Waals surface area contributed by atoms with Crippen LogP contribution in [0.2, 0.25) is 0 Å². The summed E-state index contributed by atoms with van der Waals surface area (Å²) in [6, 6.07) is 8.29. The molecule has 0 spiro atoms. The number of hydrogen-bond donors (Lipinski definition) is 2. The number of rotatable bonds is 3. The molecule has 0 radical (unpaired) electrons. The molecule has 0 aliphatic carbocycles. The molecular formula is C15H16O4. The second-order valence-corrected chi connectivity index (χ2v) is 4.42. The van der Waals surface area contributed by atoms with E-state index in [0.717, 1.165) is 11.1 Å². The summed E-state index contributed by atoms with van der Waals surface area (Å²) in [5.41, 5.74) is 1.73. The van der Waals surface area contributed by atoms with Gasteiger partial charge in [-0.2, -0.15) is 0 Å². The van der Waals surface area contributed by atoms with E-state index in [9.17, 15) is 10.2 Å².